The number of aromatic amines is 1. The molecule has 2 aromatic heterocycles. The van der Waals surface area contributed by atoms with Gasteiger partial charge in [0.2, 0.25) is 0 Å². The van der Waals surface area contributed by atoms with E-state index in [0.717, 1.165) is 16.1 Å². The number of benzene rings is 1. The van der Waals surface area contributed by atoms with E-state index in [1.54, 1.807) is 29.7 Å². The van der Waals surface area contributed by atoms with Crippen molar-refractivity contribution in [2.45, 2.75) is 12.6 Å². The van der Waals surface area contributed by atoms with Crippen molar-refractivity contribution >= 4 is 11.3 Å². The molecule has 0 spiro atoms. The molecule has 2 heterocycles. The molecule has 0 bridgehead atoms. The lowest BCUT2D eigenvalue weighted by atomic mass is 10.1. The SMILES string of the molecule is O[C@H](CNCc1cn[nH]c1-c1cccs1)c1ccc(F)cc1. The van der Waals surface area contributed by atoms with Crippen molar-refractivity contribution in [1.29, 1.82) is 0 Å². The fourth-order valence-electron chi connectivity index (χ4n) is 2.23. The third-order valence-electron chi connectivity index (χ3n) is 3.39. The van der Waals surface area contributed by atoms with Gasteiger partial charge in [-0.1, -0.05) is 18.2 Å². The molecule has 1 aromatic carbocycles. The Morgan fingerprint density at radius 2 is 2.09 bits per heavy atom. The van der Waals surface area contributed by atoms with Gasteiger partial charge in [-0.3, -0.25) is 5.10 Å². The summed E-state index contributed by atoms with van der Waals surface area (Å²) in [5.41, 5.74) is 2.74. The maximum Gasteiger partial charge on any atom is 0.123 e. The molecule has 0 amide bonds. The molecule has 1 atom stereocenters. The first-order valence-corrected chi connectivity index (χ1v) is 7.82. The predicted octanol–water partition coefficient (Wildman–Crippen LogP) is 3.10. The van der Waals surface area contributed by atoms with Crippen LogP contribution in [0.15, 0.2) is 48.0 Å². The van der Waals surface area contributed by atoms with Crippen molar-refractivity contribution in [2.75, 3.05) is 6.54 Å². The maximum absolute atomic E-state index is 12.9. The van der Waals surface area contributed by atoms with Crippen LogP contribution in [0, 0.1) is 5.82 Å². The van der Waals surface area contributed by atoms with Crippen LogP contribution < -0.4 is 5.32 Å². The molecule has 6 heteroatoms. The monoisotopic (exact) mass is 317 g/mol. The van der Waals surface area contributed by atoms with Crippen molar-refractivity contribution in [3.63, 3.8) is 0 Å². The Balaban J connectivity index is 1.57. The topological polar surface area (TPSA) is 60.9 Å². The molecule has 0 radical (unpaired) electrons. The van der Waals surface area contributed by atoms with Crippen molar-refractivity contribution < 1.29 is 9.50 Å². The average Bonchev–Trinajstić information content (AvgIpc) is 3.18. The molecule has 0 aliphatic heterocycles. The fraction of sp³-hybridized carbons (Fsp3) is 0.188. The molecule has 3 aromatic rings. The number of rotatable bonds is 6. The largest absolute Gasteiger partial charge is 0.387 e. The number of nitrogens with zero attached hydrogens (tertiary/aromatic N) is 1. The summed E-state index contributed by atoms with van der Waals surface area (Å²) in [5, 5.41) is 22.4. The minimum absolute atomic E-state index is 0.303. The second kappa shape index (κ2) is 6.83. The molecular formula is C16H16FN3OS. The minimum atomic E-state index is -0.669. The Bertz CT molecular complexity index is 709. The highest BCUT2D eigenvalue weighted by Gasteiger charge is 2.10. The van der Waals surface area contributed by atoms with Gasteiger partial charge >= 0.3 is 0 Å². The summed E-state index contributed by atoms with van der Waals surface area (Å²) in [7, 11) is 0. The summed E-state index contributed by atoms with van der Waals surface area (Å²) in [5.74, 6) is -0.303. The number of aliphatic hydroxyl groups is 1. The standard InChI is InChI=1S/C16H16FN3OS/c17-13-5-3-11(4-6-13)14(21)10-18-8-12-9-19-20-16(12)15-2-1-7-22-15/h1-7,9,14,18,21H,8,10H2,(H,19,20)/t14-/m1/s1. The molecule has 114 valence electrons. The fourth-order valence-corrected chi connectivity index (χ4v) is 2.98. The molecule has 0 aliphatic rings. The van der Waals surface area contributed by atoms with Gasteiger partial charge in [0, 0.05) is 18.7 Å². The Hall–Kier alpha value is -2.02. The Morgan fingerprint density at radius 1 is 1.27 bits per heavy atom. The van der Waals surface area contributed by atoms with Crippen LogP contribution in [0.5, 0.6) is 0 Å². The van der Waals surface area contributed by atoms with Gasteiger partial charge in [-0.2, -0.15) is 5.10 Å². The van der Waals surface area contributed by atoms with Crippen LogP contribution in [0.1, 0.15) is 17.2 Å². The van der Waals surface area contributed by atoms with Crippen LogP contribution in [-0.4, -0.2) is 21.8 Å². The summed E-state index contributed by atoms with van der Waals surface area (Å²) in [6, 6.07) is 9.92. The van der Waals surface area contributed by atoms with E-state index in [-0.39, 0.29) is 5.82 Å². The molecule has 0 aliphatic carbocycles. The summed E-state index contributed by atoms with van der Waals surface area (Å²) in [6.45, 7) is 0.989. The summed E-state index contributed by atoms with van der Waals surface area (Å²) in [4.78, 5) is 1.13. The third-order valence-corrected chi connectivity index (χ3v) is 4.28. The van der Waals surface area contributed by atoms with E-state index in [9.17, 15) is 9.50 Å². The second-order valence-corrected chi connectivity index (χ2v) is 5.89. The zero-order valence-corrected chi connectivity index (χ0v) is 12.6. The number of aliphatic hydroxyl groups excluding tert-OH is 1. The first-order chi connectivity index (χ1) is 10.7. The van der Waals surface area contributed by atoms with Crippen molar-refractivity contribution in [3.8, 4) is 10.6 Å². The first kappa shape index (κ1) is 14.9. The van der Waals surface area contributed by atoms with E-state index < -0.39 is 6.10 Å². The number of aromatic nitrogens is 2. The first-order valence-electron chi connectivity index (χ1n) is 6.94. The van der Waals surface area contributed by atoms with E-state index >= 15 is 0 Å². The highest BCUT2D eigenvalue weighted by molar-refractivity contribution is 7.13. The molecule has 0 fully saturated rings. The van der Waals surface area contributed by atoms with Gasteiger partial charge in [-0.25, -0.2) is 4.39 Å². The molecule has 22 heavy (non-hydrogen) atoms. The van der Waals surface area contributed by atoms with E-state index in [1.807, 2.05) is 17.5 Å². The highest BCUT2D eigenvalue weighted by Crippen LogP contribution is 2.25. The summed E-state index contributed by atoms with van der Waals surface area (Å²) < 4.78 is 12.9. The normalized spacial score (nSPS) is 12.5. The average molecular weight is 317 g/mol. The van der Waals surface area contributed by atoms with Crippen molar-refractivity contribution in [1.82, 2.24) is 15.5 Å². The lowest BCUT2D eigenvalue weighted by Gasteiger charge is -2.12. The summed E-state index contributed by atoms with van der Waals surface area (Å²) in [6.07, 6.45) is 1.12. The van der Waals surface area contributed by atoms with Crippen LogP contribution in [0.3, 0.4) is 0 Å². The predicted molar refractivity (Wildman–Crippen MR) is 85.0 cm³/mol. The van der Waals surface area contributed by atoms with Crippen LogP contribution in [0.2, 0.25) is 0 Å². The Kier molecular flexibility index (Phi) is 4.62. The summed E-state index contributed by atoms with van der Waals surface area (Å²) >= 11 is 1.65. The van der Waals surface area contributed by atoms with Gasteiger partial charge in [0.1, 0.15) is 5.82 Å². The molecule has 3 rings (SSSR count). The number of thiophene rings is 1. The Morgan fingerprint density at radius 3 is 2.82 bits per heavy atom. The van der Waals surface area contributed by atoms with Crippen molar-refractivity contribution in [2.24, 2.45) is 0 Å². The van der Waals surface area contributed by atoms with E-state index in [0.29, 0.717) is 18.7 Å². The van der Waals surface area contributed by atoms with Crippen LogP contribution >= 0.6 is 11.3 Å². The number of halogens is 1. The highest BCUT2D eigenvalue weighted by atomic mass is 32.1. The second-order valence-electron chi connectivity index (χ2n) is 4.95. The molecule has 0 saturated carbocycles. The lowest BCUT2D eigenvalue weighted by molar-refractivity contribution is 0.174. The van der Waals surface area contributed by atoms with Gasteiger partial charge in [0.15, 0.2) is 0 Å². The van der Waals surface area contributed by atoms with Gasteiger partial charge in [-0.05, 0) is 29.1 Å². The van der Waals surface area contributed by atoms with E-state index in [2.05, 4.69) is 15.5 Å². The zero-order valence-electron chi connectivity index (χ0n) is 11.8. The maximum atomic E-state index is 12.9. The zero-order chi connectivity index (χ0) is 15.4. The number of nitrogens with one attached hydrogen (secondary N) is 2. The third kappa shape index (κ3) is 3.41. The number of H-pyrrole nitrogens is 1. The van der Waals surface area contributed by atoms with Gasteiger partial charge < -0.3 is 10.4 Å². The van der Waals surface area contributed by atoms with Crippen LogP contribution in [0.4, 0.5) is 4.39 Å². The molecule has 3 N–H and O–H groups in total. The van der Waals surface area contributed by atoms with E-state index in [4.69, 9.17) is 0 Å². The molecule has 4 nitrogen and oxygen atoms in total. The lowest BCUT2D eigenvalue weighted by Crippen LogP contribution is -2.21. The minimum Gasteiger partial charge on any atom is -0.387 e. The number of hydrogen-bond acceptors (Lipinski definition) is 4. The van der Waals surface area contributed by atoms with Crippen LogP contribution in [-0.2, 0) is 6.54 Å². The quantitative estimate of drug-likeness (QED) is 0.655. The molecule has 0 unspecified atom stereocenters. The van der Waals surface area contributed by atoms with Crippen LogP contribution in [0.25, 0.3) is 10.6 Å². The van der Waals surface area contributed by atoms with Gasteiger partial charge in [0.25, 0.3) is 0 Å². The van der Waals surface area contributed by atoms with E-state index in [1.165, 1.54) is 12.1 Å². The number of hydrogen-bond donors (Lipinski definition) is 3. The van der Waals surface area contributed by atoms with Gasteiger partial charge in [-0.15, -0.1) is 11.3 Å². The Labute approximate surface area is 131 Å². The molecular weight excluding hydrogens is 301 g/mol. The van der Waals surface area contributed by atoms with Crippen molar-refractivity contribution in [3.05, 3.63) is 64.9 Å². The molecule has 0 saturated heterocycles. The smallest absolute Gasteiger partial charge is 0.123 e. The van der Waals surface area contributed by atoms with Gasteiger partial charge in [0.05, 0.1) is 22.9 Å².